The van der Waals surface area contributed by atoms with E-state index >= 15 is 0 Å². The maximum absolute atomic E-state index is 12.7. The zero-order chi connectivity index (χ0) is 21.4. The first kappa shape index (κ1) is 19.0. The highest BCUT2D eigenvalue weighted by atomic mass is 16.3. The molecule has 0 radical (unpaired) electrons. The Kier molecular flexibility index (Phi) is 4.74. The standard InChI is InChI=1S/C23H21N5O3/c1-14-19(20-22(30)26-13-27-23(20)31-14)21(29)25-11-15-6-7-18(24-10-15)28-9-8-16-4-2-3-5-17(16)12-28/h2-7,10,13H,8-9,11-12H2,1H3,(H,25,29)(H,26,27,30). The van der Waals surface area contributed by atoms with Crippen LogP contribution in [0.5, 0.6) is 0 Å². The summed E-state index contributed by atoms with van der Waals surface area (Å²) in [5.74, 6) is 0.890. The van der Waals surface area contributed by atoms with Crippen LogP contribution >= 0.6 is 0 Å². The molecule has 0 unspecified atom stereocenters. The quantitative estimate of drug-likeness (QED) is 0.531. The number of amides is 1. The van der Waals surface area contributed by atoms with Crippen LogP contribution in [0.2, 0.25) is 0 Å². The van der Waals surface area contributed by atoms with E-state index in [-0.39, 0.29) is 22.6 Å². The van der Waals surface area contributed by atoms with E-state index in [1.807, 2.05) is 12.1 Å². The van der Waals surface area contributed by atoms with Gasteiger partial charge in [-0.1, -0.05) is 30.3 Å². The average molecular weight is 415 g/mol. The van der Waals surface area contributed by atoms with Gasteiger partial charge in [0.25, 0.3) is 11.5 Å². The molecule has 0 aliphatic carbocycles. The number of aromatic amines is 1. The first-order chi connectivity index (χ1) is 15.1. The minimum Gasteiger partial charge on any atom is -0.442 e. The molecule has 5 rings (SSSR count). The Bertz CT molecular complexity index is 1320. The maximum Gasteiger partial charge on any atom is 0.262 e. The summed E-state index contributed by atoms with van der Waals surface area (Å²) in [6, 6.07) is 12.4. The van der Waals surface area contributed by atoms with Gasteiger partial charge >= 0.3 is 0 Å². The van der Waals surface area contributed by atoms with E-state index in [1.54, 1.807) is 13.1 Å². The van der Waals surface area contributed by atoms with Gasteiger partial charge in [0, 0.05) is 25.8 Å². The fourth-order valence-corrected chi connectivity index (χ4v) is 4.00. The third-order valence-corrected chi connectivity index (χ3v) is 5.61. The lowest BCUT2D eigenvalue weighted by molar-refractivity contribution is 0.0950. The third-order valence-electron chi connectivity index (χ3n) is 5.61. The topological polar surface area (TPSA) is 104 Å². The maximum atomic E-state index is 12.7. The van der Waals surface area contributed by atoms with Crippen molar-refractivity contribution in [2.75, 3.05) is 11.4 Å². The van der Waals surface area contributed by atoms with Crippen LogP contribution in [0, 0.1) is 6.92 Å². The number of H-pyrrole nitrogens is 1. The van der Waals surface area contributed by atoms with Crippen LogP contribution in [0.15, 0.2) is 58.1 Å². The van der Waals surface area contributed by atoms with E-state index in [0.29, 0.717) is 12.3 Å². The zero-order valence-electron chi connectivity index (χ0n) is 17.0. The lowest BCUT2D eigenvalue weighted by Gasteiger charge is -2.29. The van der Waals surface area contributed by atoms with E-state index in [2.05, 4.69) is 49.4 Å². The number of fused-ring (bicyclic) bond motifs is 2. The molecular formula is C23H21N5O3. The Hall–Kier alpha value is -3.94. The number of benzene rings is 1. The highest BCUT2D eigenvalue weighted by Gasteiger charge is 2.21. The van der Waals surface area contributed by atoms with Crippen LogP contribution in [-0.2, 0) is 19.5 Å². The van der Waals surface area contributed by atoms with Crippen molar-refractivity contribution in [1.29, 1.82) is 0 Å². The molecule has 0 saturated carbocycles. The zero-order valence-corrected chi connectivity index (χ0v) is 17.0. The van der Waals surface area contributed by atoms with Crippen molar-refractivity contribution >= 4 is 22.8 Å². The summed E-state index contributed by atoms with van der Waals surface area (Å²) in [7, 11) is 0. The Morgan fingerprint density at radius 3 is 2.84 bits per heavy atom. The smallest absolute Gasteiger partial charge is 0.262 e. The fourth-order valence-electron chi connectivity index (χ4n) is 4.00. The summed E-state index contributed by atoms with van der Waals surface area (Å²) in [4.78, 5) is 38.1. The molecule has 1 aromatic carbocycles. The van der Waals surface area contributed by atoms with E-state index < -0.39 is 5.56 Å². The summed E-state index contributed by atoms with van der Waals surface area (Å²) in [5, 5.41) is 3.00. The number of anilines is 1. The van der Waals surface area contributed by atoms with E-state index in [9.17, 15) is 9.59 Å². The number of aryl methyl sites for hydroxylation is 1. The molecule has 8 heteroatoms. The summed E-state index contributed by atoms with van der Waals surface area (Å²) >= 11 is 0. The van der Waals surface area contributed by atoms with Crippen LogP contribution in [0.4, 0.5) is 5.82 Å². The number of rotatable bonds is 4. The van der Waals surface area contributed by atoms with Crippen molar-refractivity contribution < 1.29 is 9.21 Å². The molecule has 0 atom stereocenters. The van der Waals surface area contributed by atoms with Gasteiger partial charge in [0.05, 0.1) is 11.9 Å². The van der Waals surface area contributed by atoms with Crippen molar-refractivity contribution in [1.82, 2.24) is 20.3 Å². The highest BCUT2D eigenvalue weighted by molar-refractivity contribution is 6.06. The molecule has 1 amide bonds. The summed E-state index contributed by atoms with van der Waals surface area (Å²) in [6.07, 6.45) is 4.02. The molecule has 4 heterocycles. The number of nitrogens with zero attached hydrogens (tertiary/aromatic N) is 3. The Morgan fingerprint density at radius 2 is 2.03 bits per heavy atom. The normalized spacial score (nSPS) is 13.3. The van der Waals surface area contributed by atoms with E-state index in [0.717, 1.165) is 30.9 Å². The van der Waals surface area contributed by atoms with Crippen molar-refractivity contribution in [3.8, 4) is 0 Å². The summed E-state index contributed by atoms with van der Waals surface area (Å²) in [5.41, 5.74) is 3.56. The number of carbonyl (C=O) groups excluding carboxylic acids is 1. The molecular weight excluding hydrogens is 394 g/mol. The van der Waals surface area contributed by atoms with Gasteiger partial charge in [-0.05, 0) is 36.1 Å². The van der Waals surface area contributed by atoms with Crippen molar-refractivity contribution in [2.24, 2.45) is 0 Å². The summed E-state index contributed by atoms with van der Waals surface area (Å²) < 4.78 is 5.45. The van der Waals surface area contributed by atoms with Gasteiger partial charge in [-0.15, -0.1) is 0 Å². The summed E-state index contributed by atoms with van der Waals surface area (Å²) in [6.45, 7) is 3.70. The van der Waals surface area contributed by atoms with Gasteiger partial charge in [0.2, 0.25) is 5.71 Å². The molecule has 1 aliphatic rings. The number of pyridine rings is 1. The van der Waals surface area contributed by atoms with Gasteiger partial charge in [-0.25, -0.2) is 9.97 Å². The second-order valence-electron chi connectivity index (χ2n) is 7.59. The number of furan rings is 1. The van der Waals surface area contributed by atoms with E-state index in [4.69, 9.17) is 4.42 Å². The lowest BCUT2D eigenvalue weighted by Crippen LogP contribution is -2.31. The second-order valence-corrected chi connectivity index (χ2v) is 7.59. The SMILES string of the molecule is Cc1oc2nc[nH]c(=O)c2c1C(=O)NCc1ccc(N2CCc3ccccc3C2)nc1. The van der Waals surface area contributed by atoms with Crippen LogP contribution in [0.25, 0.3) is 11.1 Å². The average Bonchev–Trinajstić information content (AvgIpc) is 3.14. The lowest BCUT2D eigenvalue weighted by atomic mass is 10.00. The van der Waals surface area contributed by atoms with Crippen LogP contribution in [0.3, 0.4) is 0 Å². The van der Waals surface area contributed by atoms with Crippen molar-refractivity contribution in [3.05, 3.63) is 87.3 Å². The number of hydrogen-bond acceptors (Lipinski definition) is 6. The number of nitrogens with one attached hydrogen (secondary N) is 2. The fraction of sp³-hybridized carbons (Fsp3) is 0.217. The number of aromatic nitrogens is 3. The van der Waals surface area contributed by atoms with Crippen LogP contribution in [0.1, 0.15) is 32.8 Å². The van der Waals surface area contributed by atoms with E-state index in [1.165, 1.54) is 17.5 Å². The Balaban J connectivity index is 1.28. The number of hydrogen-bond donors (Lipinski definition) is 2. The van der Waals surface area contributed by atoms with Crippen molar-refractivity contribution in [2.45, 2.75) is 26.4 Å². The van der Waals surface area contributed by atoms with Crippen LogP contribution in [-0.4, -0.2) is 27.4 Å². The predicted octanol–water partition coefficient (Wildman–Crippen LogP) is 2.71. The van der Waals surface area contributed by atoms with Gasteiger partial charge in [-0.2, -0.15) is 0 Å². The Labute approximate surface area is 177 Å². The molecule has 0 spiro atoms. The van der Waals surface area contributed by atoms with Gasteiger partial charge < -0.3 is 19.6 Å². The van der Waals surface area contributed by atoms with Gasteiger partial charge in [0.15, 0.2) is 0 Å². The molecule has 1 aliphatic heterocycles. The minimum absolute atomic E-state index is 0.153. The molecule has 0 bridgehead atoms. The molecule has 3 aromatic heterocycles. The predicted molar refractivity (Wildman–Crippen MR) is 116 cm³/mol. The largest absolute Gasteiger partial charge is 0.442 e. The third kappa shape index (κ3) is 3.56. The Morgan fingerprint density at radius 1 is 1.19 bits per heavy atom. The number of carbonyl (C=O) groups is 1. The molecule has 2 N–H and O–H groups in total. The molecule has 8 nitrogen and oxygen atoms in total. The van der Waals surface area contributed by atoms with Gasteiger partial charge in [-0.3, -0.25) is 9.59 Å². The molecule has 4 aromatic rings. The highest BCUT2D eigenvalue weighted by Crippen LogP contribution is 2.23. The second kappa shape index (κ2) is 7.71. The minimum atomic E-state index is -0.402. The first-order valence-corrected chi connectivity index (χ1v) is 10.1. The first-order valence-electron chi connectivity index (χ1n) is 10.1. The molecule has 156 valence electrons. The van der Waals surface area contributed by atoms with Gasteiger partial charge in [0.1, 0.15) is 17.0 Å². The monoisotopic (exact) mass is 415 g/mol. The van der Waals surface area contributed by atoms with Crippen molar-refractivity contribution in [3.63, 3.8) is 0 Å². The molecule has 0 fully saturated rings. The molecule has 31 heavy (non-hydrogen) atoms. The molecule has 0 saturated heterocycles. The van der Waals surface area contributed by atoms with Crippen LogP contribution < -0.4 is 15.8 Å².